The highest BCUT2D eigenvalue weighted by Gasteiger charge is 2.14. The van der Waals surface area contributed by atoms with Crippen molar-refractivity contribution in [3.05, 3.63) is 63.9 Å². The van der Waals surface area contributed by atoms with E-state index in [1.807, 2.05) is 31.2 Å². The standard InChI is InChI=1S/C15H15BrFNO/c1-10-3-2-4-12(7-10)18-15(9-19)13-8-11(17)5-6-14(13)16/h2-8,15,18-19H,9H2,1H3. The van der Waals surface area contributed by atoms with Crippen molar-refractivity contribution >= 4 is 21.6 Å². The fourth-order valence-electron chi connectivity index (χ4n) is 1.94. The number of nitrogens with one attached hydrogen (secondary N) is 1. The second kappa shape index (κ2) is 6.17. The van der Waals surface area contributed by atoms with E-state index in [1.165, 1.54) is 12.1 Å². The zero-order valence-corrected chi connectivity index (χ0v) is 12.1. The minimum absolute atomic E-state index is 0.115. The van der Waals surface area contributed by atoms with E-state index < -0.39 is 0 Å². The Morgan fingerprint density at radius 3 is 2.74 bits per heavy atom. The van der Waals surface area contributed by atoms with E-state index in [2.05, 4.69) is 21.2 Å². The van der Waals surface area contributed by atoms with Gasteiger partial charge in [0.05, 0.1) is 12.6 Å². The summed E-state index contributed by atoms with van der Waals surface area (Å²) < 4.78 is 14.1. The monoisotopic (exact) mass is 323 g/mol. The van der Waals surface area contributed by atoms with Crippen molar-refractivity contribution < 1.29 is 9.50 Å². The molecule has 100 valence electrons. The average molecular weight is 324 g/mol. The summed E-state index contributed by atoms with van der Waals surface area (Å²) in [7, 11) is 0. The molecular formula is C15H15BrFNO. The van der Waals surface area contributed by atoms with Crippen molar-refractivity contribution in [3.8, 4) is 0 Å². The molecule has 0 radical (unpaired) electrons. The Hall–Kier alpha value is -1.39. The Morgan fingerprint density at radius 1 is 1.26 bits per heavy atom. The van der Waals surface area contributed by atoms with Gasteiger partial charge in [-0.15, -0.1) is 0 Å². The van der Waals surface area contributed by atoms with E-state index in [4.69, 9.17) is 0 Å². The Morgan fingerprint density at radius 2 is 2.05 bits per heavy atom. The van der Waals surface area contributed by atoms with Gasteiger partial charge in [0.2, 0.25) is 0 Å². The van der Waals surface area contributed by atoms with Gasteiger partial charge in [-0.1, -0.05) is 28.1 Å². The quantitative estimate of drug-likeness (QED) is 0.889. The summed E-state index contributed by atoms with van der Waals surface area (Å²) in [5.41, 5.74) is 2.72. The van der Waals surface area contributed by atoms with Crippen LogP contribution < -0.4 is 5.32 Å². The van der Waals surface area contributed by atoms with Gasteiger partial charge < -0.3 is 10.4 Å². The number of aliphatic hydroxyl groups is 1. The normalized spacial score (nSPS) is 12.2. The van der Waals surface area contributed by atoms with Crippen LogP contribution in [0.2, 0.25) is 0 Å². The Labute approximate surface area is 120 Å². The van der Waals surface area contributed by atoms with Gasteiger partial charge in [0, 0.05) is 10.2 Å². The van der Waals surface area contributed by atoms with Crippen molar-refractivity contribution in [1.29, 1.82) is 0 Å². The number of halogens is 2. The number of hydrogen-bond donors (Lipinski definition) is 2. The Bertz CT molecular complexity index is 574. The lowest BCUT2D eigenvalue weighted by molar-refractivity contribution is 0.276. The largest absolute Gasteiger partial charge is 0.394 e. The lowest BCUT2D eigenvalue weighted by atomic mass is 10.1. The van der Waals surface area contributed by atoms with Crippen LogP contribution in [0.15, 0.2) is 46.9 Å². The van der Waals surface area contributed by atoms with Crippen molar-refractivity contribution in [2.75, 3.05) is 11.9 Å². The van der Waals surface area contributed by atoms with Gasteiger partial charge in [0.1, 0.15) is 5.82 Å². The number of aryl methyl sites for hydroxylation is 1. The van der Waals surface area contributed by atoms with Gasteiger partial charge in [0.25, 0.3) is 0 Å². The maximum Gasteiger partial charge on any atom is 0.123 e. The Balaban J connectivity index is 2.27. The van der Waals surface area contributed by atoms with E-state index >= 15 is 0 Å². The fourth-order valence-corrected chi connectivity index (χ4v) is 2.46. The van der Waals surface area contributed by atoms with E-state index in [0.717, 1.165) is 15.7 Å². The molecule has 2 N–H and O–H groups in total. The second-order valence-electron chi connectivity index (χ2n) is 4.41. The lowest BCUT2D eigenvalue weighted by Crippen LogP contribution is -2.15. The van der Waals surface area contributed by atoms with Gasteiger partial charge in [-0.2, -0.15) is 0 Å². The molecule has 0 saturated carbocycles. The minimum Gasteiger partial charge on any atom is -0.394 e. The molecule has 19 heavy (non-hydrogen) atoms. The summed E-state index contributed by atoms with van der Waals surface area (Å²) in [4.78, 5) is 0. The first kappa shape index (κ1) is 14.0. The number of benzene rings is 2. The predicted octanol–water partition coefficient (Wildman–Crippen LogP) is 4.04. The molecule has 0 heterocycles. The van der Waals surface area contributed by atoms with Gasteiger partial charge in [0.15, 0.2) is 0 Å². The molecule has 1 unspecified atom stereocenters. The third kappa shape index (κ3) is 3.55. The maximum atomic E-state index is 13.3. The van der Waals surface area contributed by atoms with Crippen molar-refractivity contribution in [2.24, 2.45) is 0 Å². The van der Waals surface area contributed by atoms with Crippen LogP contribution in [-0.4, -0.2) is 11.7 Å². The number of aliphatic hydroxyl groups excluding tert-OH is 1. The predicted molar refractivity (Wildman–Crippen MR) is 78.7 cm³/mol. The van der Waals surface area contributed by atoms with Crippen LogP contribution in [0.1, 0.15) is 17.2 Å². The first-order valence-corrected chi connectivity index (χ1v) is 6.78. The molecular weight excluding hydrogens is 309 g/mol. The van der Waals surface area contributed by atoms with Gasteiger partial charge in [-0.3, -0.25) is 0 Å². The molecule has 0 saturated heterocycles. The molecule has 0 spiro atoms. The average Bonchev–Trinajstić information content (AvgIpc) is 2.39. The first-order valence-electron chi connectivity index (χ1n) is 5.99. The van der Waals surface area contributed by atoms with Crippen LogP contribution in [0.4, 0.5) is 10.1 Å². The number of anilines is 1. The Kier molecular flexibility index (Phi) is 4.56. The molecule has 0 amide bonds. The van der Waals surface area contributed by atoms with Crippen LogP contribution in [0.5, 0.6) is 0 Å². The van der Waals surface area contributed by atoms with Crippen molar-refractivity contribution in [3.63, 3.8) is 0 Å². The molecule has 0 aromatic heterocycles. The molecule has 0 fully saturated rings. The number of rotatable bonds is 4. The van der Waals surface area contributed by atoms with Crippen LogP contribution in [-0.2, 0) is 0 Å². The summed E-state index contributed by atoms with van der Waals surface area (Å²) >= 11 is 3.38. The van der Waals surface area contributed by atoms with Gasteiger partial charge in [-0.25, -0.2) is 4.39 Å². The summed E-state index contributed by atoms with van der Waals surface area (Å²) in [5.74, 6) is -0.317. The highest BCUT2D eigenvalue weighted by atomic mass is 79.9. The number of hydrogen-bond acceptors (Lipinski definition) is 2. The van der Waals surface area contributed by atoms with E-state index in [-0.39, 0.29) is 18.5 Å². The minimum atomic E-state index is -0.355. The van der Waals surface area contributed by atoms with Crippen LogP contribution in [0.25, 0.3) is 0 Å². The van der Waals surface area contributed by atoms with E-state index in [0.29, 0.717) is 5.56 Å². The lowest BCUT2D eigenvalue weighted by Gasteiger charge is -2.19. The summed E-state index contributed by atoms with van der Waals surface area (Å²) in [6, 6.07) is 11.9. The van der Waals surface area contributed by atoms with E-state index in [1.54, 1.807) is 6.07 Å². The molecule has 2 aromatic carbocycles. The molecule has 2 aromatic rings. The van der Waals surface area contributed by atoms with Crippen LogP contribution >= 0.6 is 15.9 Å². The molecule has 1 atom stereocenters. The molecule has 0 aliphatic heterocycles. The van der Waals surface area contributed by atoms with E-state index in [9.17, 15) is 9.50 Å². The van der Waals surface area contributed by atoms with Crippen molar-refractivity contribution in [2.45, 2.75) is 13.0 Å². The van der Waals surface area contributed by atoms with Gasteiger partial charge >= 0.3 is 0 Å². The van der Waals surface area contributed by atoms with Crippen LogP contribution in [0, 0.1) is 12.7 Å². The third-order valence-corrected chi connectivity index (χ3v) is 3.60. The van der Waals surface area contributed by atoms with Gasteiger partial charge in [-0.05, 0) is 48.4 Å². The molecule has 0 aliphatic rings. The second-order valence-corrected chi connectivity index (χ2v) is 5.27. The third-order valence-electron chi connectivity index (χ3n) is 2.88. The SMILES string of the molecule is Cc1cccc(NC(CO)c2cc(F)ccc2Br)c1. The zero-order chi connectivity index (χ0) is 13.8. The fraction of sp³-hybridized carbons (Fsp3) is 0.200. The molecule has 2 rings (SSSR count). The molecule has 2 nitrogen and oxygen atoms in total. The summed E-state index contributed by atoms with van der Waals surface area (Å²) in [6.07, 6.45) is 0. The highest BCUT2D eigenvalue weighted by molar-refractivity contribution is 9.10. The summed E-state index contributed by atoms with van der Waals surface area (Å²) in [5, 5.41) is 12.7. The smallest absolute Gasteiger partial charge is 0.123 e. The summed E-state index contributed by atoms with van der Waals surface area (Å²) in [6.45, 7) is 1.88. The molecule has 4 heteroatoms. The molecule has 0 aliphatic carbocycles. The maximum absolute atomic E-state index is 13.3. The molecule has 0 bridgehead atoms. The topological polar surface area (TPSA) is 32.3 Å². The first-order chi connectivity index (χ1) is 9.10. The van der Waals surface area contributed by atoms with Crippen molar-refractivity contribution in [1.82, 2.24) is 0 Å². The zero-order valence-electron chi connectivity index (χ0n) is 10.5. The highest BCUT2D eigenvalue weighted by Crippen LogP contribution is 2.27. The van der Waals surface area contributed by atoms with Crippen LogP contribution in [0.3, 0.4) is 0 Å².